The Hall–Kier alpha value is -0.755. The van der Waals surface area contributed by atoms with Crippen LogP contribution in [0.3, 0.4) is 0 Å². The molecule has 18 heavy (non-hydrogen) atoms. The fourth-order valence-corrected chi connectivity index (χ4v) is 1.69. The number of hydrogen-bond donors (Lipinski definition) is 1. The van der Waals surface area contributed by atoms with Crippen LogP contribution in [0.1, 0.15) is 40.5 Å². The molecule has 1 nitrogen and oxygen atoms in total. The number of allylic oxidation sites excluding steroid dienone is 4. The number of nitrogens with two attached hydrogens (primary N) is 1. The molecule has 0 amide bonds. The van der Waals surface area contributed by atoms with Crippen molar-refractivity contribution in [1.29, 1.82) is 0 Å². The van der Waals surface area contributed by atoms with Crippen LogP contribution in [0.25, 0.3) is 0 Å². The third-order valence-corrected chi connectivity index (χ3v) is 3.50. The molecule has 0 heterocycles. The van der Waals surface area contributed by atoms with Crippen LogP contribution in [-0.2, 0) is 0 Å². The summed E-state index contributed by atoms with van der Waals surface area (Å²) in [5.41, 5.74) is 7.57. The van der Waals surface area contributed by atoms with Gasteiger partial charge < -0.3 is 5.73 Å². The molecule has 0 saturated carbocycles. The lowest BCUT2D eigenvalue weighted by molar-refractivity contribution is 0.522. The SMILES string of the molecule is C[B]/C=C\C(N)C(C)C/C=C(\C)C(C)C/C=C\C. The second kappa shape index (κ2) is 10.2. The minimum Gasteiger partial charge on any atom is -0.324 e. The monoisotopic (exact) mass is 246 g/mol. The average molecular weight is 246 g/mol. The molecule has 0 aliphatic carbocycles. The van der Waals surface area contributed by atoms with E-state index in [1.165, 1.54) is 5.57 Å². The second-order valence-electron chi connectivity index (χ2n) is 5.16. The predicted molar refractivity (Wildman–Crippen MR) is 84.9 cm³/mol. The zero-order chi connectivity index (χ0) is 14.0. The average Bonchev–Trinajstić information content (AvgIpc) is 2.38. The minimum absolute atomic E-state index is 0.149. The lowest BCUT2D eigenvalue weighted by Crippen LogP contribution is -2.25. The minimum atomic E-state index is 0.149. The van der Waals surface area contributed by atoms with E-state index in [9.17, 15) is 0 Å². The first kappa shape index (κ1) is 17.2. The highest BCUT2D eigenvalue weighted by Crippen LogP contribution is 2.18. The second-order valence-corrected chi connectivity index (χ2v) is 5.16. The fraction of sp³-hybridized carbons (Fsp3) is 0.625. The summed E-state index contributed by atoms with van der Waals surface area (Å²) in [5, 5.41) is 0. The van der Waals surface area contributed by atoms with Crippen LogP contribution >= 0.6 is 0 Å². The normalized spacial score (nSPS) is 18.2. The van der Waals surface area contributed by atoms with Crippen LogP contribution in [0.15, 0.2) is 35.9 Å². The van der Waals surface area contributed by atoms with Crippen molar-refractivity contribution in [1.82, 2.24) is 0 Å². The summed E-state index contributed by atoms with van der Waals surface area (Å²) < 4.78 is 0. The van der Waals surface area contributed by atoms with Gasteiger partial charge in [0.25, 0.3) is 0 Å². The van der Waals surface area contributed by atoms with Crippen molar-refractivity contribution in [2.24, 2.45) is 17.6 Å². The lowest BCUT2D eigenvalue weighted by Gasteiger charge is -2.16. The topological polar surface area (TPSA) is 26.0 Å². The van der Waals surface area contributed by atoms with Crippen molar-refractivity contribution in [3.63, 3.8) is 0 Å². The molecule has 0 aromatic heterocycles. The van der Waals surface area contributed by atoms with Gasteiger partial charge in [0.15, 0.2) is 0 Å². The molecule has 0 spiro atoms. The molecule has 1 radical (unpaired) electrons. The third kappa shape index (κ3) is 7.55. The molecule has 0 aromatic rings. The summed E-state index contributed by atoms with van der Waals surface area (Å²) in [7, 11) is 2.02. The Morgan fingerprint density at radius 3 is 2.50 bits per heavy atom. The molecule has 2 N–H and O–H groups in total. The Morgan fingerprint density at radius 2 is 1.94 bits per heavy atom. The number of hydrogen-bond acceptors (Lipinski definition) is 1. The highest BCUT2D eigenvalue weighted by molar-refractivity contribution is 6.40. The first-order valence-electron chi connectivity index (χ1n) is 7.02. The van der Waals surface area contributed by atoms with E-state index >= 15 is 0 Å². The van der Waals surface area contributed by atoms with Crippen LogP contribution in [-0.4, -0.2) is 13.3 Å². The molecule has 0 fully saturated rings. The van der Waals surface area contributed by atoms with E-state index in [2.05, 4.69) is 52.0 Å². The van der Waals surface area contributed by atoms with E-state index in [1.807, 2.05) is 20.1 Å². The Labute approximate surface area is 114 Å². The summed E-state index contributed by atoms with van der Waals surface area (Å²) in [6.07, 6.45) is 11.0. The van der Waals surface area contributed by atoms with Crippen LogP contribution in [0.2, 0.25) is 6.82 Å². The van der Waals surface area contributed by atoms with Crippen molar-refractivity contribution in [3.8, 4) is 0 Å². The molecule has 2 heteroatoms. The first-order chi connectivity index (χ1) is 8.52. The van der Waals surface area contributed by atoms with E-state index in [0.717, 1.165) is 12.8 Å². The van der Waals surface area contributed by atoms with Gasteiger partial charge in [-0.1, -0.05) is 50.5 Å². The van der Waals surface area contributed by atoms with E-state index in [1.54, 1.807) is 0 Å². The summed E-state index contributed by atoms with van der Waals surface area (Å²) in [6.45, 7) is 10.8. The van der Waals surface area contributed by atoms with Gasteiger partial charge in [0, 0.05) is 6.04 Å². The van der Waals surface area contributed by atoms with Gasteiger partial charge in [-0.25, -0.2) is 0 Å². The maximum Gasteiger partial charge on any atom is 0.137 e. The standard InChI is InChI=1S/C16H29BN/c1-6-7-8-13(2)14(3)9-10-15(4)16(18)11-12-17-5/h6-7,9,11-13,15-16H,8,10,18H2,1-5H3/b7-6-,12-11-,14-9+. The molecule has 0 aliphatic rings. The molecule has 0 aromatic carbocycles. The molecule has 101 valence electrons. The third-order valence-electron chi connectivity index (χ3n) is 3.50. The van der Waals surface area contributed by atoms with E-state index < -0.39 is 0 Å². The van der Waals surface area contributed by atoms with Gasteiger partial charge in [0.2, 0.25) is 0 Å². The molecule has 0 saturated heterocycles. The van der Waals surface area contributed by atoms with Crippen LogP contribution in [0, 0.1) is 11.8 Å². The number of rotatable bonds is 8. The van der Waals surface area contributed by atoms with Gasteiger partial charge in [-0.2, -0.15) is 0 Å². The highest BCUT2D eigenvalue weighted by atomic mass is 14.6. The smallest absolute Gasteiger partial charge is 0.137 e. The van der Waals surface area contributed by atoms with Crippen LogP contribution in [0.4, 0.5) is 0 Å². The zero-order valence-corrected chi connectivity index (χ0v) is 12.7. The van der Waals surface area contributed by atoms with Gasteiger partial charge in [-0.05, 0) is 38.5 Å². The molecular formula is C16H29BN. The van der Waals surface area contributed by atoms with Crippen molar-refractivity contribution < 1.29 is 0 Å². The summed E-state index contributed by atoms with van der Waals surface area (Å²) in [5.74, 6) is 3.15. The van der Waals surface area contributed by atoms with E-state index in [-0.39, 0.29) is 6.04 Å². The Morgan fingerprint density at radius 1 is 1.28 bits per heavy atom. The van der Waals surface area contributed by atoms with Crippen molar-refractivity contribution in [2.45, 2.75) is 53.4 Å². The molecule has 0 bridgehead atoms. The fourth-order valence-electron chi connectivity index (χ4n) is 1.69. The van der Waals surface area contributed by atoms with Gasteiger partial charge >= 0.3 is 0 Å². The largest absolute Gasteiger partial charge is 0.324 e. The summed E-state index contributed by atoms with van der Waals surface area (Å²) in [4.78, 5) is 0. The Kier molecular flexibility index (Phi) is 9.77. The Balaban J connectivity index is 4.22. The Bertz CT molecular complexity index is 291. The predicted octanol–water partition coefficient (Wildman–Crippen LogP) is 4.15. The quantitative estimate of drug-likeness (QED) is 0.505. The van der Waals surface area contributed by atoms with E-state index in [0.29, 0.717) is 11.8 Å². The summed E-state index contributed by atoms with van der Waals surface area (Å²) in [6, 6.07) is 0.149. The molecule has 0 rings (SSSR count). The van der Waals surface area contributed by atoms with Gasteiger partial charge in [0.1, 0.15) is 7.28 Å². The first-order valence-corrected chi connectivity index (χ1v) is 7.02. The van der Waals surface area contributed by atoms with Gasteiger partial charge in [-0.15, -0.1) is 5.98 Å². The van der Waals surface area contributed by atoms with Gasteiger partial charge in [0.05, 0.1) is 0 Å². The molecule has 3 unspecified atom stereocenters. The highest BCUT2D eigenvalue weighted by Gasteiger charge is 2.09. The van der Waals surface area contributed by atoms with Crippen LogP contribution < -0.4 is 5.73 Å². The maximum atomic E-state index is 6.10. The van der Waals surface area contributed by atoms with Crippen LogP contribution in [0.5, 0.6) is 0 Å². The molecular weight excluding hydrogens is 217 g/mol. The molecule has 0 aliphatic heterocycles. The van der Waals surface area contributed by atoms with E-state index in [4.69, 9.17) is 5.73 Å². The van der Waals surface area contributed by atoms with Crippen molar-refractivity contribution in [3.05, 3.63) is 35.9 Å². The van der Waals surface area contributed by atoms with Crippen molar-refractivity contribution >= 4 is 7.28 Å². The summed E-state index contributed by atoms with van der Waals surface area (Å²) >= 11 is 0. The van der Waals surface area contributed by atoms with Crippen molar-refractivity contribution in [2.75, 3.05) is 0 Å². The van der Waals surface area contributed by atoms with Gasteiger partial charge in [-0.3, -0.25) is 0 Å². The zero-order valence-electron chi connectivity index (χ0n) is 12.7. The molecule has 3 atom stereocenters. The maximum absolute atomic E-state index is 6.10. The lowest BCUT2D eigenvalue weighted by atomic mass is 9.81.